The first-order valence-electron chi connectivity index (χ1n) is 9.95. The first-order chi connectivity index (χ1) is 15.1. The SMILES string of the molecule is Cc1ccc(S(=O)(=O)N(CC(=O)Nc2cccc(C)c2C)Cc2c(F)cccc2Cl)cc1. The summed E-state index contributed by atoms with van der Waals surface area (Å²) in [7, 11) is -4.11. The number of halogens is 2. The Morgan fingerprint density at radius 3 is 2.31 bits per heavy atom. The van der Waals surface area contributed by atoms with Crippen molar-refractivity contribution in [2.45, 2.75) is 32.2 Å². The standard InChI is InChI=1S/C24H24ClFN2O3S/c1-16-10-12-19(13-11-16)32(30,31)28(14-20-21(25)7-5-8-22(20)26)15-24(29)27-23-9-4-6-17(2)18(23)3/h4-13H,14-15H2,1-3H3,(H,27,29). The number of carbonyl (C=O) groups excluding carboxylic acids is 1. The largest absolute Gasteiger partial charge is 0.325 e. The molecule has 0 unspecified atom stereocenters. The van der Waals surface area contributed by atoms with E-state index in [0.717, 1.165) is 21.0 Å². The zero-order valence-corrected chi connectivity index (χ0v) is 19.6. The molecule has 1 N–H and O–H groups in total. The van der Waals surface area contributed by atoms with Crippen LogP contribution in [0.2, 0.25) is 5.02 Å². The molecule has 0 saturated carbocycles. The van der Waals surface area contributed by atoms with Crippen LogP contribution in [0.4, 0.5) is 10.1 Å². The van der Waals surface area contributed by atoms with Gasteiger partial charge in [-0.1, -0.05) is 47.5 Å². The molecule has 0 bridgehead atoms. The number of aryl methyl sites for hydroxylation is 2. The second-order valence-electron chi connectivity index (χ2n) is 7.58. The third-order valence-electron chi connectivity index (χ3n) is 5.25. The molecule has 0 radical (unpaired) electrons. The van der Waals surface area contributed by atoms with Gasteiger partial charge >= 0.3 is 0 Å². The highest BCUT2D eigenvalue weighted by molar-refractivity contribution is 7.89. The number of benzene rings is 3. The summed E-state index contributed by atoms with van der Waals surface area (Å²) in [6.07, 6.45) is 0. The minimum Gasteiger partial charge on any atom is -0.325 e. The number of nitrogens with one attached hydrogen (secondary N) is 1. The van der Waals surface area contributed by atoms with Gasteiger partial charge in [0.1, 0.15) is 5.82 Å². The van der Waals surface area contributed by atoms with Crippen LogP contribution in [0.3, 0.4) is 0 Å². The lowest BCUT2D eigenvalue weighted by Crippen LogP contribution is -2.38. The van der Waals surface area contributed by atoms with E-state index in [2.05, 4.69) is 5.32 Å². The van der Waals surface area contributed by atoms with Crippen molar-refractivity contribution in [1.29, 1.82) is 0 Å². The quantitative estimate of drug-likeness (QED) is 0.509. The van der Waals surface area contributed by atoms with Crippen molar-refractivity contribution in [2.24, 2.45) is 0 Å². The van der Waals surface area contributed by atoms with E-state index in [4.69, 9.17) is 11.6 Å². The lowest BCUT2D eigenvalue weighted by Gasteiger charge is -2.23. The monoisotopic (exact) mass is 474 g/mol. The Morgan fingerprint density at radius 1 is 1.00 bits per heavy atom. The number of amides is 1. The van der Waals surface area contributed by atoms with Crippen molar-refractivity contribution in [3.05, 3.63) is 93.8 Å². The fraction of sp³-hybridized carbons (Fsp3) is 0.208. The zero-order valence-electron chi connectivity index (χ0n) is 18.0. The van der Waals surface area contributed by atoms with E-state index in [1.165, 1.54) is 30.3 Å². The van der Waals surface area contributed by atoms with Crippen LogP contribution in [0.25, 0.3) is 0 Å². The van der Waals surface area contributed by atoms with Gasteiger partial charge in [0, 0.05) is 22.8 Å². The molecule has 8 heteroatoms. The second-order valence-corrected chi connectivity index (χ2v) is 9.93. The highest BCUT2D eigenvalue weighted by atomic mass is 35.5. The summed E-state index contributed by atoms with van der Waals surface area (Å²) < 4.78 is 42.1. The first-order valence-corrected chi connectivity index (χ1v) is 11.8. The number of hydrogen-bond acceptors (Lipinski definition) is 3. The molecule has 0 atom stereocenters. The molecule has 0 aromatic heterocycles. The molecule has 168 valence electrons. The Labute approximate surface area is 192 Å². The topological polar surface area (TPSA) is 66.5 Å². The van der Waals surface area contributed by atoms with Crippen LogP contribution < -0.4 is 5.32 Å². The molecule has 0 aliphatic heterocycles. The van der Waals surface area contributed by atoms with Gasteiger partial charge in [0.05, 0.1) is 11.4 Å². The molecule has 0 spiro atoms. The summed E-state index contributed by atoms with van der Waals surface area (Å²) in [5.74, 6) is -1.18. The maximum absolute atomic E-state index is 14.4. The van der Waals surface area contributed by atoms with E-state index in [1.54, 1.807) is 24.3 Å². The van der Waals surface area contributed by atoms with E-state index in [-0.39, 0.29) is 22.0 Å². The number of carbonyl (C=O) groups is 1. The van der Waals surface area contributed by atoms with Crippen molar-refractivity contribution >= 4 is 33.2 Å². The molecule has 3 aromatic rings. The maximum atomic E-state index is 14.4. The highest BCUT2D eigenvalue weighted by Crippen LogP contribution is 2.25. The lowest BCUT2D eigenvalue weighted by atomic mass is 10.1. The van der Waals surface area contributed by atoms with Crippen LogP contribution >= 0.6 is 11.6 Å². The average molecular weight is 475 g/mol. The molecule has 32 heavy (non-hydrogen) atoms. The molecule has 5 nitrogen and oxygen atoms in total. The molecule has 0 aliphatic rings. The summed E-state index contributed by atoms with van der Waals surface area (Å²) in [5, 5.41) is 2.84. The van der Waals surface area contributed by atoms with Gasteiger partial charge in [0.25, 0.3) is 0 Å². The van der Waals surface area contributed by atoms with Crippen molar-refractivity contribution < 1.29 is 17.6 Å². The smallest absolute Gasteiger partial charge is 0.243 e. The fourth-order valence-electron chi connectivity index (χ4n) is 3.18. The maximum Gasteiger partial charge on any atom is 0.243 e. The molecule has 1 amide bonds. The zero-order chi connectivity index (χ0) is 23.5. The molecular weight excluding hydrogens is 451 g/mol. The number of rotatable bonds is 7. The van der Waals surface area contributed by atoms with Crippen molar-refractivity contribution in [1.82, 2.24) is 4.31 Å². The summed E-state index contributed by atoms with van der Waals surface area (Å²) in [4.78, 5) is 12.8. The molecule has 3 rings (SSSR count). The van der Waals surface area contributed by atoms with Crippen LogP contribution in [0.15, 0.2) is 65.6 Å². The van der Waals surface area contributed by atoms with Gasteiger partial charge in [-0.3, -0.25) is 4.79 Å². The van der Waals surface area contributed by atoms with Crippen molar-refractivity contribution in [3.63, 3.8) is 0 Å². The van der Waals surface area contributed by atoms with Crippen LogP contribution in [-0.2, 0) is 21.4 Å². The van der Waals surface area contributed by atoms with Crippen LogP contribution in [0.1, 0.15) is 22.3 Å². The van der Waals surface area contributed by atoms with Crippen LogP contribution in [0.5, 0.6) is 0 Å². The van der Waals surface area contributed by atoms with Crippen LogP contribution in [-0.4, -0.2) is 25.2 Å². The molecule has 0 saturated heterocycles. The number of nitrogens with zero attached hydrogens (tertiary/aromatic N) is 1. The van der Waals surface area contributed by atoms with Gasteiger partial charge < -0.3 is 5.32 Å². The predicted octanol–water partition coefficient (Wildman–Crippen LogP) is 5.23. The average Bonchev–Trinajstić information content (AvgIpc) is 2.73. The van der Waals surface area contributed by atoms with E-state index in [9.17, 15) is 17.6 Å². The van der Waals surface area contributed by atoms with Gasteiger partial charge in [-0.2, -0.15) is 4.31 Å². The first kappa shape index (κ1) is 23.9. The van der Waals surface area contributed by atoms with Gasteiger partial charge in [0.15, 0.2) is 0 Å². The van der Waals surface area contributed by atoms with Crippen molar-refractivity contribution in [2.75, 3.05) is 11.9 Å². The molecule has 3 aromatic carbocycles. The van der Waals surface area contributed by atoms with Gasteiger partial charge in [-0.05, 0) is 62.2 Å². The molecule has 0 aliphatic carbocycles. The highest BCUT2D eigenvalue weighted by Gasteiger charge is 2.28. The van der Waals surface area contributed by atoms with Crippen LogP contribution in [0, 0.1) is 26.6 Å². The Morgan fingerprint density at radius 2 is 1.66 bits per heavy atom. The summed E-state index contributed by atoms with van der Waals surface area (Å²) >= 11 is 6.13. The number of hydrogen-bond donors (Lipinski definition) is 1. The minimum absolute atomic E-state index is 0.00406. The van der Waals surface area contributed by atoms with E-state index in [0.29, 0.717) is 5.69 Å². The summed E-state index contributed by atoms with van der Waals surface area (Å²) in [6.45, 7) is 4.73. The third-order valence-corrected chi connectivity index (χ3v) is 7.41. The van der Waals surface area contributed by atoms with Crippen molar-refractivity contribution in [3.8, 4) is 0 Å². The van der Waals surface area contributed by atoms with E-state index in [1.807, 2.05) is 26.8 Å². The van der Waals surface area contributed by atoms with E-state index < -0.39 is 28.3 Å². The third kappa shape index (κ3) is 5.35. The number of anilines is 1. The van der Waals surface area contributed by atoms with E-state index >= 15 is 0 Å². The minimum atomic E-state index is -4.11. The predicted molar refractivity (Wildman–Crippen MR) is 125 cm³/mol. The molecular formula is C24H24ClFN2O3S. The lowest BCUT2D eigenvalue weighted by molar-refractivity contribution is -0.116. The Balaban J connectivity index is 1.95. The number of sulfonamides is 1. The summed E-state index contributed by atoms with van der Waals surface area (Å²) in [5.41, 5.74) is 3.35. The van der Waals surface area contributed by atoms with Gasteiger partial charge in [-0.15, -0.1) is 0 Å². The fourth-order valence-corrected chi connectivity index (χ4v) is 4.77. The summed E-state index contributed by atoms with van der Waals surface area (Å²) in [6, 6.07) is 15.8. The Bertz CT molecular complexity index is 1220. The molecule has 0 heterocycles. The molecule has 0 fully saturated rings. The Kier molecular flexibility index (Phi) is 7.33. The normalized spacial score (nSPS) is 11.6. The van der Waals surface area contributed by atoms with Gasteiger partial charge in [-0.25, -0.2) is 12.8 Å². The second kappa shape index (κ2) is 9.81. The Hall–Kier alpha value is -2.74. The van der Waals surface area contributed by atoms with Gasteiger partial charge in [0.2, 0.25) is 15.9 Å².